The smallest absolute Gasteiger partial charge is 0.182 e. The summed E-state index contributed by atoms with van der Waals surface area (Å²) in [6, 6.07) is 20.8. The number of hydrogen-bond donors (Lipinski definition) is 0. The van der Waals surface area contributed by atoms with Gasteiger partial charge in [-0.25, -0.2) is 20.0 Å². The van der Waals surface area contributed by atoms with Crippen LogP contribution in [0.15, 0.2) is 70.6 Å². The normalized spacial score (nSPS) is 22.4. The van der Waals surface area contributed by atoms with E-state index in [1.54, 1.807) is 23.5 Å². The van der Waals surface area contributed by atoms with Crippen molar-refractivity contribution in [2.75, 3.05) is 12.5 Å². The highest BCUT2D eigenvalue weighted by Crippen LogP contribution is 2.44. The van der Waals surface area contributed by atoms with Crippen molar-refractivity contribution in [1.29, 1.82) is 0 Å². The summed E-state index contributed by atoms with van der Waals surface area (Å²) in [5, 5.41) is 6.46. The van der Waals surface area contributed by atoms with Crippen LogP contribution in [0.25, 0.3) is 0 Å². The Morgan fingerprint density at radius 2 is 1.04 bits per heavy atom. The molecule has 4 rings (SSSR count). The molecule has 0 N–H and O–H groups in total. The molecular formula is C18H18N4S2. The molecule has 122 valence electrons. The average molecular weight is 355 g/mol. The Balaban J connectivity index is 1.77. The summed E-state index contributed by atoms with van der Waals surface area (Å²) in [6.07, 6.45) is 4.05. The number of nitrogens with zero attached hydrogens (tertiary/aromatic N) is 4. The number of thioether (sulfide) groups is 2. The second-order valence-electron chi connectivity index (χ2n) is 5.49. The standard InChI is InChI=1S/C18H18N4S2/c1-23-17-19-15(13-9-5-3-6-10-13)22-18(24-2)20-16(21(17)22)14-11-7-4-8-12-14/h3-12,15-16H,1-2H3/t15-,16+. The Labute approximate surface area is 150 Å². The lowest BCUT2D eigenvalue weighted by Crippen LogP contribution is -2.40. The van der Waals surface area contributed by atoms with Gasteiger partial charge >= 0.3 is 0 Å². The van der Waals surface area contributed by atoms with Crippen molar-refractivity contribution < 1.29 is 0 Å². The van der Waals surface area contributed by atoms with Crippen LogP contribution in [-0.2, 0) is 0 Å². The Morgan fingerprint density at radius 1 is 0.667 bits per heavy atom. The average Bonchev–Trinajstić information content (AvgIpc) is 3.21. The molecule has 0 saturated carbocycles. The van der Waals surface area contributed by atoms with Gasteiger partial charge in [0.25, 0.3) is 0 Å². The third-order valence-corrected chi connectivity index (χ3v) is 5.43. The van der Waals surface area contributed by atoms with Crippen molar-refractivity contribution in [3.8, 4) is 0 Å². The zero-order chi connectivity index (χ0) is 16.5. The van der Waals surface area contributed by atoms with E-state index in [0.717, 1.165) is 10.3 Å². The summed E-state index contributed by atoms with van der Waals surface area (Å²) in [7, 11) is 0. The second kappa shape index (κ2) is 6.53. The molecule has 2 atom stereocenters. The van der Waals surface area contributed by atoms with Crippen molar-refractivity contribution in [3.05, 3.63) is 71.8 Å². The molecule has 0 unspecified atom stereocenters. The molecule has 2 aromatic carbocycles. The number of benzene rings is 2. The number of hydrogen-bond acceptors (Lipinski definition) is 6. The lowest BCUT2D eigenvalue weighted by Gasteiger charge is -2.31. The van der Waals surface area contributed by atoms with E-state index in [4.69, 9.17) is 9.98 Å². The van der Waals surface area contributed by atoms with Crippen LogP contribution in [0, 0.1) is 0 Å². The summed E-state index contributed by atoms with van der Waals surface area (Å²) >= 11 is 3.34. The monoisotopic (exact) mass is 354 g/mol. The quantitative estimate of drug-likeness (QED) is 0.801. The fourth-order valence-electron chi connectivity index (χ4n) is 3.04. The summed E-state index contributed by atoms with van der Waals surface area (Å²) in [5.74, 6) is 0. The summed E-state index contributed by atoms with van der Waals surface area (Å²) < 4.78 is 0. The maximum Gasteiger partial charge on any atom is 0.182 e. The molecule has 2 aliphatic rings. The van der Waals surface area contributed by atoms with Crippen molar-refractivity contribution in [2.45, 2.75) is 12.3 Å². The maximum atomic E-state index is 4.97. The van der Waals surface area contributed by atoms with Crippen LogP contribution in [0.2, 0.25) is 0 Å². The van der Waals surface area contributed by atoms with Gasteiger partial charge in [0.2, 0.25) is 0 Å². The van der Waals surface area contributed by atoms with Crippen molar-refractivity contribution in [3.63, 3.8) is 0 Å². The molecule has 0 aliphatic carbocycles. The molecular weight excluding hydrogens is 336 g/mol. The van der Waals surface area contributed by atoms with Crippen LogP contribution >= 0.6 is 23.5 Å². The summed E-state index contributed by atoms with van der Waals surface area (Å²) in [4.78, 5) is 9.95. The number of aliphatic imine (C=N–C) groups is 2. The lowest BCUT2D eigenvalue weighted by molar-refractivity contribution is 0.105. The minimum absolute atomic E-state index is 0.0476. The predicted molar refractivity (Wildman–Crippen MR) is 104 cm³/mol. The van der Waals surface area contributed by atoms with Gasteiger partial charge in [-0.05, 0) is 23.6 Å². The molecule has 0 spiro atoms. The minimum Gasteiger partial charge on any atom is -0.229 e. The molecule has 2 heterocycles. The molecule has 24 heavy (non-hydrogen) atoms. The van der Waals surface area contributed by atoms with E-state index >= 15 is 0 Å². The third kappa shape index (κ3) is 2.50. The van der Waals surface area contributed by atoms with Gasteiger partial charge in [0.1, 0.15) is 0 Å². The second-order valence-corrected chi connectivity index (χ2v) is 7.04. The zero-order valence-electron chi connectivity index (χ0n) is 13.5. The van der Waals surface area contributed by atoms with Crippen molar-refractivity contribution in [2.24, 2.45) is 9.98 Å². The maximum absolute atomic E-state index is 4.97. The lowest BCUT2D eigenvalue weighted by atomic mass is 10.2. The van der Waals surface area contributed by atoms with E-state index in [1.807, 2.05) is 12.1 Å². The zero-order valence-corrected chi connectivity index (χ0v) is 15.2. The number of fused-ring (bicyclic) bond motifs is 1. The Bertz CT molecular complexity index is 709. The molecule has 0 saturated heterocycles. The SMILES string of the molecule is CSC1=N[C@@H](c2ccccc2)N2C(SC)=N[C@H](c3ccccc3)N12. The van der Waals surface area contributed by atoms with Gasteiger partial charge in [0, 0.05) is 0 Å². The van der Waals surface area contributed by atoms with Crippen LogP contribution < -0.4 is 0 Å². The van der Waals surface area contributed by atoms with E-state index in [0.29, 0.717) is 0 Å². The van der Waals surface area contributed by atoms with E-state index in [-0.39, 0.29) is 12.3 Å². The first-order valence-electron chi connectivity index (χ1n) is 7.75. The summed E-state index contributed by atoms with van der Waals surface area (Å²) in [6.45, 7) is 0. The van der Waals surface area contributed by atoms with Crippen LogP contribution in [-0.4, -0.2) is 32.9 Å². The first-order chi connectivity index (χ1) is 11.8. The highest BCUT2D eigenvalue weighted by molar-refractivity contribution is 8.13. The van der Waals surface area contributed by atoms with Crippen LogP contribution in [0.4, 0.5) is 0 Å². The van der Waals surface area contributed by atoms with Crippen LogP contribution in [0.1, 0.15) is 23.5 Å². The van der Waals surface area contributed by atoms with Gasteiger partial charge in [-0.1, -0.05) is 84.2 Å². The van der Waals surface area contributed by atoms with Crippen LogP contribution in [0.5, 0.6) is 0 Å². The minimum atomic E-state index is -0.0476. The molecule has 0 aromatic heterocycles. The molecule has 4 nitrogen and oxygen atoms in total. The predicted octanol–water partition coefficient (Wildman–Crippen LogP) is 4.37. The largest absolute Gasteiger partial charge is 0.229 e. The highest BCUT2D eigenvalue weighted by atomic mass is 32.2. The van der Waals surface area contributed by atoms with Crippen molar-refractivity contribution in [1.82, 2.24) is 10.0 Å². The fraction of sp³-hybridized carbons (Fsp3) is 0.222. The number of amidine groups is 2. The third-order valence-electron chi connectivity index (χ3n) is 4.11. The Hall–Kier alpha value is -1.92. The number of hydrazine groups is 1. The van der Waals surface area contributed by atoms with Gasteiger partial charge in [-0.2, -0.15) is 0 Å². The van der Waals surface area contributed by atoms with E-state index in [2.05, 4.69) is 71.1 Å². The van der Waals surface area contributed by atoms with E-state index < -0.39 is 0 Å². The van der Waals surface area contributed by atoms with Gasteiger partial charge in [0.05, 0.1) is 0 Å². The van der Waals surface area contributed by atoms with Gasteiger partial charge in [0.15, 0.2) is 22.7 Å². The van der Waals surface area contributed by atoms with Crippen LogP contribution in [0.3, 0.4) is 0 Å². The Morgan fingerprint density at radius 3 is 1.38 bits per heavy atom. The Kier molecular flexibility index (Phi) is 4.24. The van der Waals surface area contributed by atoms with E-state index in [1.165, 1.54) is 11.1 Å². The van der Waals surface area contributed by atoms with Gasteiger partial charge < -0.3 is 0 Å². The first kappa shape index (κ1) is 15.6. The topological polar surface area (TPSA) is 31.2 Å². The molecule has 6 heteroatoms. The molecule has 2 aliphatic heterocycles. The van der Waals surface area contributed by atoms with Gasteiger partial charge in [-0.15, -0.1) is 0 Å². The first-order valence-corrected chi connectivity index (χ1v) is 10.2. The summed E-state index contributed by atoms with van der Waals surface area (Å²) in [5.41, 5.74) is 2.36. The van der Waals surface area contributed by atoms with Crippen molar-refractivity contribution >= 4 is 33.9 Å². The highest BCUT2D eigenvalue weighted by Gasteiger charge is 2.45. The molecule has 0 bridgehead atoms. The molecule has 0 radical (unpaired) electrons. The van der Waals surface area contributed by atoms with E-state index in [9.17, 15) is 0 Å². The molecule has 0 fully saturated rings. The van der Waals surface area contributed by atoms with Gasteiger partial charge in [-0.3, -0.25) is 0 Å². The fourth-order valence-corrected chi connectivity index (χ4v) is 4.20. The number of rotatable bonds is 2. The molecule has 2 aromatic rings. The molecule has 0 amide bonds.